The third-order valence-electron chi connectivity index (χ3n) is 2.88. The fourth-order valence-electron chi connectivity index (χ4n) is 1.90. The number of sulfonamides is 1. The third kappa shape index (κ3) is 3.78. The summed E-state index contributed by atoms with van der Waals surface area (Å²) in [6.45, 7) is 2.01. The number of nitrogens with one attached hydrogen (secondary N) is 1. The van der Waals surface area contributed by atoms with Gasteiger partial charge in [-0.1, -0.05) is 19.1 Å². The highest BCUT2D eigenvalue weighted by Crippen LogP contribution is 2.33. The van der Waals surface area contributed by atoms with Crippen LogP contribution in [-0.2, 0) is 16.4 Å². The van der Waals surface area contributed by atoms with Crippen LogP contribution in [0.3, 0.4) is 0 Å². The van der Waals surface area contributed by atoms with Crippen LogP contribution in [0.15, 0.2) is 50.2 Å². The number of halogens is 2. The summed E-state index contributed by atoms with van der Waals surface area (Å²) in [5.74, 6) is 0. The molecule has 0 radical (unpaired) electrons. The monoisotopic (exact) mass is 432 g/mol. The largest absolute Gasteiger partial charge is 0.399 e. The minimum atomic E-state index is -3.72. The van der Waals surface area contributed by atoms with Crippen molar-refractivity contribution in [1.29, 1.82) is 0 Å². The normalized spacial score (nSPS) is 11.4. The zero-order chi connectivity index (χ0) is 15.6. The lowest BCUT2D eigenvalue weighted by molar-refractivity contribution is 0.600. The van der Waals surface area contributed by atoms with Gasteiger partial charge in [-0.25, -0.2) is 8.42 Å². The zero-order valence-electron chi connectivity index (χ0n) is 11.2. The third-order valence-corrected chi connectivity index (χ3v) is 6.13. The van der Waals surface area contributed by atoms with Crippen LogP contribution in [0.5, 0.6) is 0 Å². The van der Waals surface area contributed by atoms with Crippen LogP contribution in [0.4, 0.5) is 11.4 Å². The zero-order valence-corrected chi connectivity index (χ0v) is 15.2. The topological polar surface area (TPSA) is 72.2 Å². The van der Waals surface area contributed by atoms with E-state index >= 15 is 0 Å². The van der Waals surface area contributed by atoms with E-state index in [1.54, 1.807) is 18.2 Å². The fraction of sp³-hybridized carbons (Fsp3) is 0.143. The Bertz CT molecular complexity index is 753. The number of nitrogens with two attached hydrogens (primary N) is 1. The molecule has 7 heteroatoms. The Labute approximate surface area is 141 Å². The second kappa shape index (κ2) is 6.37. The van der Waals surface area contributed by atoms with Crippen LogP contribution >= 0.6 is 31.9 Å². The van der Waals surface area contributed by atoms with Gasteiger partial charge in [-0.3, -0.25) is 4.72 Å². The van der Waals surface area contributed by atoms with Gasteiger partial charge in [0.15, 0.2) is 0 Å². The highest BCUT2D eigenvalue weighted by molar-refractivity contribution is 9.11. The number of nitrogen functional groups attached to an aromatic ring is 1. The van der Waals surface area contributed by atoms with Crippen molar-refractivity contribution in [2.75, 3.05) is 10.5 Å². The predicted octanol–water partition coefficient (Wildman–Crippen LogP) is 4.16. The van der Waals surface area contributed by atoms with Gasteiger partial charge in [0.2, 0.25) is 0 Å². The molecular weight excluding hydrogens is 420 g/mol. The van der Waals surface area contributed by atoms with Crippen LogP contribution in [0.2, 0.25) is 0 Å². The van der Waals surface area contributed by atoms with Gasteiger partial charge < -0.3 is 5.73 Å². The van der Waals surface area contributed by atoms with E-state index in [4.69, 9.17) is 5.73 Å². The van der Waals surface area contributed by atoms with E-state index in [1.807, 2.05) is 25.1 Å². The molecule has 0 bridgehead atoms. The van der Waals surface area contributed by atoms with Crippen LogP contribution in [-0.4, -0.2) is 8.42 Å². The Morgan fingerprint density at radius 2 is 1.76 bits per heavy atom. The lowest BCUT2D eigenvalue weighted by Crippen LogP contribution is -2.14. The van der Waals surface area contributed by atoms with E-state index in [0.717, 1.165) is 12.0 Å². The smallest absolute Gasteiger partial charge is 0.264 e. The Balaban J connectivity index is 2.43. The maximum atomic E-state index is 12.5. The van der Waals surface area contributed by atoms with E-state index in [1.165, 1.54) is 0 Å². The minimum Gasteiger partial charge on any atom is -0.399 e. The molecule has 2 aromatic rings. The van der Waals surface area contributed by atoms with Gasteiger partial charge in [0.25, 0.3) is 10.0 Å². The molecule has 0 amide bonds. The molecule has 0 spiro atoms. The summed E-state index contributed by atoms with van der Waals surface area (Å²) in [5.41, 5.74) is 7.75. The summed E-state index contributed by atoms with van der Waals surface area (Å²) >= 11 is 6.49. The van der Waals surface area contributed by atoms with E-state index in [9.17, 15) is 8.42 Å². The van der Waals surface area contributed by atoms with Crippen LogP contribution in [0.1, 0.15) is 12.5 Å². The highest BCUT2D eigenvalue weighted by atomic mass is 79.9. The summed E-state index contributed by atoms with van der Waals surface area (Å²) in [6, 6.07) is 10.4. The van der Waals surface area contributed by atoms with Crippen molar-refractivity contribution in [3.63, 3.8) is 0 Å². The molecule has 0 atom stereocenters. The second-order valence-corrected chi connectivity index (χ2v) is 7.80. The van der Waals surface area contributed by atoms with Gasteiger partial charge in [0.1, 0.15) is 4.90 Å². The van der Waals surface area contributed by atoms with E-state index in [-0.39, 0.29) is 4.90 Å². The molecular formula is C14H14Br2N2O2S. The number of anilines is 2. The lowest BCUT2D eigenvalue weighted by Gasteiger charge is -2.12. The van der Waals surface area contributed by atoms with Crippen LogP contribution < -0.4 is 10.5 Å². The van der Waals surface area contributed by atoms with Crippen molar-refractivity contribution in [3.05, 3.63) is 50.9 Å². The van der Waals surface area contributed by atoms with E-state index < -0.39 is 10.0 Å². The molecule has 0 aliphatic carbocycles. The first-order valence-corrected chi connectivity index (χ1v) is 9.26. The molecule has 0 heterocycles. The molecule has 0 aliphatic heterocycles. The number of aryl methyl sites for hydroxylation is 1. The van der Waals surface area contributed by atoms with Gasteiger partial charge in [-0.15, -0.1) is 0 Å². The molecule has 3 N–H and O–H groups in total. The first kappa shape index (κ1) is 16.3. The van der Waals surface area contributed by atoms with Crippen molar-refractivity contribution >= 4 is 53.3 Å². The van der Waals surface area contributed by atoms with Crippen molar-refractivity contribution in [3.8, 4) is 0 Å². The van der Waals surface area contributed by atoms with Crippen LogP contribution in [0.25, 0.3) is 0 Å². The predicted molar refractivity (Wildman–Crippen MR) is 92.9 cm³/mol. The average molecular weight is 434 g/mol. The van der Waals surface area contributed by atoms with E-state index in [0.29, 0.717) is 20.3 Å². The van der Waals surface area contributed by atoms with Crippen molar-refractivity contribution in [2.24, 2.45) is 0 Å². The quantitative estimate of drug-likeness (QED) is 0.711. The molecule has 0 unspecified atom stereocenters. The average Bonchev–Trinajstić information content (AvgIpc) is 2.36. The number of benzene rings is 2. The molecule has 2 rings (SSSR count). The Morgan fingerprint density at radius 3 is 2.33 bits per heavy atom. The minimum absolute atomic E-state index is 0.124. The summed E-state index contributed by atoms with van der Waals surface area (Å²) in [5, 5.41) is 0. The van der Waals surface area contributed by atoms with Gasteiger partial charge in [0, 0.05) is 20.3 Å². The van der Waals surface area contributed by atoms with Crippen molar-refractivity contribution in [1.82, 2.24) is 0 Å². The molecule has 2 aromatic carbocycles. The fourth-order valence-corrected chi connectivity index (χ4v) is 5.57. The molecule has 4 nitrogen and oxygen atoms in total. The summed E-state index contributed by atoms with van der Waals surface area (Å²) in [4.78, 5) is 0.124. The number of rotatable bonds is 4. The van der Waals surface area contributed by atoms with Gasteiger partial charge in [-0.05, 0) is 68.1 Å². The molecule has 0 saturated heterocycles. The Kier molecular flexibility index (Phi) is 4.95. The summed E-state index contributed by atoms with van der Waals surface area (Å²) in [7, 11) is -3.72. The van der Waals surface area contributed by atoms with Crippen LogP contribution in [0, 0.1) is 0 Å². The number of hydrogen-bond acceptors (Lipinski definition) is 3. The summed E-state index contributed by atoms with van der Waals surface area (Å²) in [6.07, 6.45) is 0.838. The SMILES string of the molecule is CCc1cccc(NS(=O)(=O)c2c(Br)cc(N)cc2Br)c1. The molecule has 0 aromatic heterocycles. The highest BCUT2D eigenvalue weighted by Gasteiger charge is 2.22. The standard InChI is InChI=1S/C14H14Br2N2O2S/c1-2-9-4-3-5-11(6-9)18-21(19,20)14-12(15)7-10(17)8-13(14)16/h3-8,18H,2,17H2,1H3. The summed E-state index contributed by atoms with van der Waals surface area (Å²) < 4.78 is 28.5. The maximum absolute atomic E-state index is 12.5. The molecule has 0 fully saturated rings. The van der Waals surface area contributed by atoms with Crippen molar-refractivity contribution in [2.45, 2.75) is 18.2 Å². The van der Waals surface area contributed by atoms with Crippen molar-refractivity contribution < 1.29 is 8.42 Å². The van der Waals surface area contributed by atoms with Gasteiger partial charge in [0.05, 0.1) is 0 Å². The molecule has 0 saturated carbocycles. The molecule has 112 valence electrons. The van der Waals surface area contributed by atoms with Gasteiger partial charge >= 0.3 is 0 Å². The lowest BCUT2D eigenvalue weighted by atomic mass is 10.1. The first-order chi connectivity index (χ1) is 9.83. The second-order valence-electron chi connectivity index (χ2n) is 4.47. The molecule has 0 aliphatic rings. The Morgan fingerprint density at radius 1 is 1.14 bits per heavy atom. The maximum Gasteiger partial charge on any atom is 0.264 e. The number of hydrogen-bond donors (Lipinski definition) is 2. The first-order valence-electron chi connectivity index (χ1n) is 6.19. The molecule has 21 heavy (non-hydrogen) atoms. The van der Waals surface area contributed by atoms with E-state index in [2.05, 4.69) is 36.6 Å². The van der Waals surface area contributed by atoms with Gasteiger partial charge in [-0.2, -0.15) is 0 Å². The Hall–Kier alpha value is -1.05.